The smallest absolute Gasteiger partial charge is 0.126 e. The van der Waals surface area contributed by atoms with Gasteiger partial charge in [-0.15, -0.1) is 0 Å². The lowest BCUT2D eigenvalue weighted by molar-refractivity contribution is 0.180. The van der Waals surface area contributed by atoms with Crippen molar-refractivity contribution >= 4 is 0 Å². The maximum absolute atomic E-state index is 13.9. The van der Waals surface area contributed by atoms with Gasteiger partial charge in [0.1, 0.15) is 11.6 Å². The van der Waals surface area contributed by atoms with E-state index in [0.29, 0.717) is 12.0 Å². The second kappa shape index (κ2) is 7.29. The summed E-state index contributed by atoms with van der Waals surface area (Å²) < 4.78 is 27.2. The van der Waals surface area contributed by atoms with E-state index in [2.05, 4.69) is 29.2 Å². The van der Waals surface area contributed by atoms with Crippen molar-refractivity contribution < 1.29 is 8.78 Å². The average Bonchev–Trinajstić information content (AvgIpc) is 2.61. The number of halogens is 2. The molecule has 1 aromatic rings. The summed E-state index contributed by atoms with van der Waals surface area (Å²) in [6.45, 7) is 3.03. The molecule has 2 rings (SSSR count). The van der Waals surface area contributed by atoms with Crippen LogP contribution in [0.4, 0.5) is 8.78 Å². The Bertz CT molecular complexity index is 467. The van der Waals surface area contributed by atoms with Gasteiger partial charge in [0.05, 0.1) is 0 Å². The van der Waals surface area contributed by atoms with Gasteiger partial charge in [0.15, 0.2) is 0 Å². The van der Waals surface area contributed by atoms with Gasteiger partial charge in [0, 0.05) is 18.6 Å². The quantitative estimate of drug-likeness (QED) is 0.913. The van der Waals surface area contributed by atoms with Crippen LogP contribution in [0, 0.1) is 11.6 Å². The Hall–Kier alpha value is -1.04. The lowest BCUT2D eigenvalue weighted by Gasteiger charge is -2.34. The molecule has 0 saturated carbocycles. The molecular formula is C16H25F2N3. The molecular weight excluding hydrogens is 272 g/mol. The van der Waals surface area contributed by atoms with Crippen molar-refractivity contribution in [1.29, 1.82) is 0 Å². The van der Waals surface area contributed by atoms with E-state index in [-0.39, 0.29) is 23.7 Å². The number of likely N-dealkylation sites (N-methyl/N-ethyl adjacent to an activating group) is 3. The first-order chi connectivity index (χ1) is 10.0. The third-order valence-electron chi connectivity index (χ3n) is 4.40. The zero-order valence-electron chi connectivity index (χ0n) is 13.1. The van der Waals surface area contributed by atoms with E-state index in [9.17, 15) is 8.78 Å². The molecule has 0 amide bonds. The Morgan fingerprint density at radius 1 is 1.29 bits per heavy atom. The molecule has 2 atom stereocenters. The van der Waals surface area contributed by atoms with Crippen LogP contribution in [-0.4, -0.2) is 62.7 Å². The van der Waals surface area contributed by atoms with Crippen LogP contribution in [0.5, 0.6) is 0 Å². The third kappa shape index (κ3) is 4.22. The van der Waals surface area contributed by atoms with Gasteiger partial charge in [-0.3, -0.25) is 0 Å². The largest absolute Gasteiger partial charge is 0.315 e. The number of benzene rings is 1. The predicted octanol–water partition coefficient (Wildman–Crippen LogP) is 1.73. The molecule has 2 unspecified atom stereocenters. The van der Waals surface area contributed by atoms with E-state index in [4.69, 9.17) is 0 Å². The van der Waals surface area contributed by atoms with Crippen LogP contribution in [0.25, 0.3) is 0 Å². The second-order valence-electron chi connectivity index (χ2n) is 6.00. The molecule has 0 aromatic heterocycles. The molecule has 118 valence electrons. The maximum atomic E-state index is 13.9. The summed E-state index contributed by atoms with van der Waals surface area (Å²) in [7, 11) is 6.11. The monoisotopic (exact) mass is 297 g/mol. The summed E-state index contributed by atoms with van der Waals surface area (Å²) in [4.78, 5) is 4.63. The minimum Gasteiger partial charge on any atom is -0.315 e. The van der Waals surface area contributed by atoms with E-state index in [1.807, 2.05) is 7.05 Å². The van der Waals surface area contributed by atoms with Crippen molar-refractivity contribution in [3.63, 3.8) is 0 Å². The SMILES string of the molecule is CNC(Cc1cc(F)ccc1F)C1CN(C)CCCN1C. The molecule has 0 aliphatic carbocycles. The molecule has 3 nitrogen and oxygen atoms in total. The predicted molar refractivity (Wildman–Crippen MR) is 81.4 cm³/mol. The summed E-state index contributed by atoms with van der Waals surface area (Å²) in [5.41, 5.74) is 0.439. The Morgan fingerprint density at radius 3 is 2.76 bits per heavy atom. The Kier molecular flexibility index (Phi) is 5.67. The normalized spacial score (nSPS) is 23.0. The van der Waals surface area contributed by atoms with Gasteiger partial charge in [-0.1, -0.05) is 0 Å². The fraction of sp³-hybridized carbons (Fsp3) is 0.625. The molecule has 21 heavy (non-hydrogen) atoms. The first kappa shape index (κ1) is 16.3. The molecule has 1 fully saturated rings. The topological polar surface area (TPSA) is 18.5 Å². The van der Waals surface area contributed by atoms with Gasteiger partial charge in [0.25, 0.3) is 0 Å². The van der Waals surface area contributed by atoms with Crippen LogP contribution in [-0.2, 0) is 6.42 Å². The molecule has 0 radical (unpaired) electrons. The van der Waals surface area contributed by atoms with Crippen molar-refractivity contribution in [2.45, 2.75) is 24.9 Å². The maximum Gasteiger partial charge on any atom is 0.126 e. The summed E-state index contributed by atoms with van der Waals surface area (Å²) in [5, 5.41) is 3.29. The number of hydrogen-bond acceptors (Lipinski definition) is 3. The average molecular weight is 297 g/mol. The molecule has 1 N–H and O–H groups in total. The van der Waals surface area contributed by atoms with Gasteiger partial charge in [-0.05, 0) is 70.8 Å². The standard InChI is InChI=1S/C16H25F2N3/c1-19-15(10-12-9-13(17)5-6-14(12)18)16-11-20(2)7-4-8-21(16)3/h5-6,9,15-16,19H,4,7-8,10-11H2,1-3H3. The highest BCUT2D eigenvalue weighted by Gasteiger charge is 2.28. The summed E-state index contributed by atoms with van der Waals surface area (Å²) in [5.74, 6) is -0.714. The van der Waals surface area contributed by atoms with Crippen LogP contribution in [0.1, 0.15) is 12.0 Å². The van der Waals surface area contributed by atoms with Crippen LogP contribution < -0.4 is 5.32 Å². The molecule has 1 saturated heterocycles. The molecule has 0 bridgehead atoms. The van der Waals surface area contributed by atoms with Gasteiger partial charge in [-0.2, -0.15) is 0 Å². The van der Waals surface area contributed by atoms with Crippen LogP contribution in [0.3, 0.4) is 0 Å². The fourth-order valence-corrected chi connectivity index (χ4v) is 3.11. The second-order valence-corrected chi connectivity index (χ2v) is 6.00. The number of hydrogen-bond donors (Lipinski definition) is 1. The van der Waals surface area contributed by atoms with E-state index in [1.54, 1.807) is 0 Å². The lowest BCUT2D eigenvalue weighted by Crippen LogP contribution is -2.52. The van der Waals surface area contributed by atoms with E-state index >= 15 is 0 Å². The summed E-state index contributed by atoms with van der Waals surface area (Å²) >= 11 is 0. The van der Waals surface area contributed by atoms with Crippen LogP contribution >= 0.6 is 0 Å². The summed E-state index contributed by atoms with van der Waals surface area (Å²) in [6.07, 6.45) is 1.62. The fourth-order valence-electron chi connectivity index (χ4n) is 3.11. The zero-order valence-corrected chi connectivity index (χ0v) is 13.1. The lowest BCUT2D eigenvalue weighted by atomic mass is 9.97. The number of rotatable bonds is 4. The highest BCUT2D eigenvalue weighted by molar-refractivity contribution is 5.20. The first-order valence-corrected chi connectivity index (χ1v) is 7.51. The van der Waals surface area contributed by atoms with Crippen molar-refractivity contribution in [2.75, 3.05) is 40.8 Å². The number of nitrogens with zero attached hydrogens (tertiary/aromatic N) is 2. The van der Waals surface area contributed by atoms with E-state index in [1.165, 1.54) is 18.2 Å². The Labute approximate surface area is 125 Å². The Morgan fingerprint density at radius 2 is 2.05 bits per heavy atom. The van der Waals surface area contributed by atoms with Crippen molar-refractivity contribution in [3.05, 3.63) is 35.4 Å². The molecule has 0 spiro atoms. The minimum atomic E-state index is -0.382. The number of nitrogens with one attached hydrogen (secondary N) is 1. The van der Waals surface area contributed by atoms with Gasteiger partial charge in [-0.25, -0.2) is 8.78 Å². The highest BCUT2D eigenvalue weighted by Crippen LogP contribution is 2.17. The first-order valence-electron chi connectivity index (χ1n) is 7.51. The third-order valence-corrected chi connectivity index (χ3v) is 4.40. The molecule has 1 aliphatic heterocycles. The van der Waals surface area contributed by atoms with Crippen molar-refractivity contribution in [3.8, 4) is 0 Å². The van der Waals surface area contributed by atoms with Crippen molar-refractivity contribution in [2.24, 2.45) is 0 Å². The van der Waals surface area contributed by atoms with Gasteiger partial charge in [0.2, 0.25) is 0 Å². The van der Waals surface area contributed by atoms with Crippen LogP contribution in [0.15, 0.2) is 18.2 Å². The molecule has 5 heteroatoms. The summed E-state index contributed by atoms with van der Waals surface area (Å²) in [6, 6.07) is 4.05. The van der Waals surface area contributed by atoms with Gasteiger partial charge < -0.3 is 15.1 Å². The van der Waals surface area contributed by atoms with Crippen molar-refractivity contribution in [1.82, 2.24) is 15.1 Å². The van der Waals surface area contributed by atoms with Crippen LogP contribution in [0.2, 0.25) is 0 Å². The Balaban J connectivity index is 2.16. The van der Waals surface area contributed by atoms with E-state index in [0.717, 1.165) is 26.1 Å². The molecule has 1 heterocycles. The molecule has 1 aromatic carbocycles. The highest BCUT2D eigenvalue weighted by atomic mass is 19.1. The van der Waals surface area contributed by atoms with E-state index < -0.39 is 0 Å². The zero-order chi connectivity index (χ0) is 15.4. The van der Waals surface area contributed by atoms with Gasteiger partial charge >= 0.3 is 0 Å². The molecule has 1 aliphatic rings. The minimum absolute atomic E-state index is 0.0897.